The molecule has 1 fully saturated rings. The maximum absolute atomic E-state index is 12.9. The quantitative estimate of drug-likeness (QED) is 0.679. The predicted octanol–water partition coefficient (Wildman–Crippen LogP) is 3.03. The van der Waals surface area contributed by atoms with Gasteiger partial charge >= 0.3 is 6.18 Å². The molecule has 0 bridgehead atoms. The van der Waals surface area contributed by atoms with Gasteiger partial charge < -0.3 is 4.90 Å². The highest BCUT2D eigenvalue weighted by atomic mass is 19.4. The number of rotatable bonds is 2. The van der Waals surface area contributed by atoms with Gasteiger partial charge in [-0.2, -0.15) is 13.2 Å². The number of para-hydroxylation sites is 1. The Balaban J connectivity index is 1.46. The van der Waals surface area contributed by atoms with Crippen LogP contribution in [0.4, 0.5) is 19.0 Å². The Kier molecular flexibility index (Phi) is 4.62. The predicted molar refractivity (Wildman–Crippen MR) is 97.9 cm³/mol. The van der Waals surface area contributed by atoms with E-state index in [2.05, 4.69) is 9.97 Å². The van der Waals surface area contributed by atoms with E-state index in [0.29, 0.717) is 43.1 Å². The summed E-state index contributed by atoms with van der Waals surface area (Å²) < 4.78 is 38.1. The number of anilines is 1. The van der Waals surface area contributed by atoms with Gasteiger partial charge in [-0.05, 0) is 18.2 Å². The molecule has 0 spiro atoms. The summed E-state index contributed by atoms with van der Waals surface area (Å²) in [6, 6.07) is 11.8. The minimum Gasteiger partial charge on any atom is -0.331 e. The number of piperazine rings is 1. The largest absolute Gasteiger partial charge is 0.419 e. The summed E-state index contributed by atoms with van der Waals surface area (Å²) in [6.07, 6.45) is -1.74. The molecular weight excluding hydrogens is 369 g/mol. The van der Waals surface area contributed by atoms with E-state index < -0.39 is 11.7 Å². The summed E-state index contributed by atoms with van der Waals surface area (Å²) in [6.45, 7) is 2.03. The summed E-state index contributed by atoms with van der Waals surface area (Å²) in [5.41, 5.74) is 0.523. The lowest BCUT2D eigenvalue weighted by atomic mass is 10.1. The van der Waals surface area contributed by atoms with Crippen molar-refractivity contribution in [2.45, 2.75) is 6.18 Å². The third-order valence-corrected chi connectivity index (χ3v) is 4.89. The molecule has 1 aliphatic heterocycles. The smallest absolute Gasteiger partial charge is 0.331 e. The van der Waals surface area contributed by atoms with Crippen molar-refractivity contribution in [1.82, 2.24) is 9.88 Å². The number of H-pyrrole nitrogens is 1. The molecular formula is C20H18F3N4O+. The molecule has 0 atom stereocenters. The van der Waals surface area contributed by atoms with Crippen molar-refractivity contribution in [2.24, 2.45) is 0 Å². The van der Waals surface area contributed by atoms with Crippen LogP contribution in [0, 0.1) is 0 Å². The van der Waals surface area contributed by atoms with Gasteiger partial charge in [0.2, 0.25) is 0 Å². The molecule has 0 radical (unpaired) electrons. The lowest BCUT2D eigenvalue weighted by Gasteiger charge is -2.31. The highest BCUT2D eigenvalue weighted by Gasteiger charge is 2.33. The number of carbonyl (C=O) groups is 1. The zero-order valence-electron chi connectivity index (χ0n) is 14.9. The molecule has 1 amide bonds. The first-order valence-electron chi connectivity index (χ1n) is 8.90. The molecule has 2 aromatic heterocycles. The number of aromatic amines is 1. The Bertz CT molecular complexity index is 991. The minimum atomic E-state index is -4.37. The molecule has 5 nitrogen and oxygen atoms in total. The maximum Gasteiger partial charge on any atom is 0.419 e. The molecule has 0 unspecified atom stereocenters. The molecule has 1 aromatic carbocycles. The summed E-state index contributed by atoms with van der Waals surface area (Å²) in [7, 11) is 0. The molecule has 28 heavy (non-hydrogen) atoms. The van der Waals surface area contributed by atoms with Crippen molar-refractivity contribution in [3.05, 3.63) is 66.0 Å². The van der Waals surface area contributed by atoms with E-state index in [0.717, 1.165) is 17.6 Å². The van der Waals surface area contributed by atoms with Gasteiger partial charge in [-0.25, -0.2) is 4.98 Å². The van der Waals surface area contributed by atoms with Crippen LogP contribution < -0.4 is 9.88 Å². The fourth-order valence-corrected chi connectivity index (χ4v) is 3.39. The zero-order chi connectivity index (χ0) is 19.7. The van der Waals surface area contributed by atoms with Gasteiger partial charge in [-0.1, -0.05) is 18.2 Å². The normalized spacial score (nSPS) is 15.1. The number of amides is 1. The van der Waals surface area contributed by atoms with Gasteiger partial charge in [0.15, 0.2) is 0 Å². The fourth-order valence-electron chi connectivity index (χ4n) is 3.39. The number of nitrogens with one attached hydrogen (secondary N) is 1. The van der Waals surface area contributed by atoms with Crippen molar-refractivity contribution in [3.63, 3.8) is 0 Å². The van der Waals surface area contributed by atoms with E-state index >= 15 is 0 Å². The lowest BCUT2D eigenvalue weighted by molar-refractivity contribution is -0.367. The Morgan fingerprint density at radius 3 is 2.43 bits per heavy atom. The summed E-state index contributed by atoms with van der Waals surface area (Å²) in [5, 5.41) is 0.909. The molecule has 4 rings (SSSR count). The molecule has 1 N–H and O–H groups in total. The zero-order valence-corrected chi connectivity index (χ0v) is 14.9. The summed E-state index contributed by atoms with van der Waals surface area (Å²) in [5.74, 6) is 0.521. The van der Waals surface area contributed by atoms with Crippen molar-refractivity contribution in [2.75, 3.05) is 31.1 Å². The van der Waals surface area contributed by atoms with Crippen LogP contribution in [0.25, 0.3) is 10.9 Å². The third kappa shape index (κ3) is 3.49. The number of nitrogens with zero attached hydrogens (tertiary/aromatic N) is 3. The van der Waals surface area contributed by atoms with Gasteiger partial charge in [0.25, 0.3) is 11.7 Å². The number of aromatic nitrogens is 2. The molecule has 0 saturated carbocycles. The van der Waals surface area contributed by atoms with Crippen LogP contribution >= 0.6 is 0 Å². The van der Waals surface area contributed by atoms with Gasteiger partial charge in [0.05, 0.1) is 29.7 Å². The first-order chi connectivity index (χ1) is 13.4. The average Bonchev–Trinajstić information content (AvgIpc) is 2.72. The lowest BCUT2D eigenvalue weighted by Crippen LogP contribution is -2.50. The van der Waals surface area contributed by atoms with Crippen LogP contribution in [0.5, 0.6) is 0 Å². The average molecular weight is 387 g/mol. The number of carbonyl (C=O) groups excluding carboxylic acids is 1. The second-order valence-corrected chi connectivity index (χ2v) is 6.62. The van der Waals surface area contributed by atoms with Crippen LogP contribution in [0.3, 0.4) is 0 Å². The number of hydrogen-bond donors (Lipinski definition) is 0. The first-order valence-corrected chi connectivity index (χ1v) is 8.90. The van der Waals surface area contributed by atoms with Gasteiger partial charge in [-0.15, -0.1) is 0 Å². The molecule has 3 heterocycles. The van der Waals surface area contributed by atoms with Crippen LogP contribution in [-0.2, 0) is 6.18 Å². The van der Waals surface area contributed by atoms with Crippen molar-refractivity contribution in [3.8, 4) is 0 Å². The SMILES string of the molecule is O=C(c1cccc2cccnc12)N1CCN(c2ccc(C(F)(F)F)c[nH+]2)CC1. The third-order valence-electron chi connectivity index (χ3n) is 4.89. The molecule has 0 aliphatic carbocycles. The molecule has 144 valence electrons. The van der Waals surface area contributed by atoms with Gasteiger partial charge in [0, 0.05) is 17.6 Å². The van der Waals surface area contributed by atoms with Crippen LogP contribution in [0.1, 0.15) is 15.9 Å². The second kappa shape index (κ2) is 7.10. The van der Waals surface area contributed by atoms with Crippen LogP contribution in [0.2, 0.25) is 0 Å². The highest BCUT2D eigenvalue weighted by molar-refractivity contribution is 6.05. The van der Waals surface area contributed by atoms with Crippen LogP contribution in [0.15, 0.2) is 54.9 Å². The second-order valence-electron chi connectivity index (χ2n) is 6.62. The van der Waals surface area contributed by atoms with E-state index in [-0.39, 0.29) is 5.91 Å². The van der Waals surface area contributed by atoms with E-state index in [4.69, 9.17) is 0 Å². The number of hydrogen-bond acceptors (Lipinski definition) is 3. The van der Waals surface area contributed by atoms with Crippen LogP contribution in [-0.4, -0.2) is 42.0 Å². The number of benzene rings is 1. The number of fused-ring (bicyclic) bond motifs is 1. The Hall–Kier alpha value is -3.16. The van der Waals surface area contributed by atoms with E-state index in [1.165, 1.54) is 6.07 Å². The van der Waals surface area contributed by atoms with Crippen molar-refractivity contribution >= 4 is 22.6 Å². The fraction of sp³-hybridized carbons (Fsp3) is 0.250. The van der Waals surface area contributed by atoms with E-state index in [9.17, 15) is 18.0 Å². The highest BCUT2D eigenvalue weighted by Crippen LogP contribution is 2.28. The molecule has 8 heteroatoms. The Morgan fingerprint density at radius 2 is 1.75 bits per heavy atom. The monoisotopic (exact) mass is 387 g/mol. The minimum absolute atomic E-state index is 0.0830. The Morgan fingerprint density at radius 1 is 1.00 bits per heavy atom. The number of alkyl halides is 3. The number of halogens is 3. The topological polar surface area (TPSA) is 50.6 Å². The molecule has 1 aliphatic rings. The standard InChI is InChI=1S/C20H17F3N4O/c21-20(22,23)15-6-7-17(25-13-15)26-9-11-27(12-10-26)19(28)16-5-1-3-14-4-2-8-24-18(14)16/h1-8,13H,9-12H2/p+1. The van der Waals surface area contributed by atoms with Crippen molar-refractivity contribution < 1.29 is 22.9 Å². The molecule has 3 aromatic rings. The van der Waals surface area contributed by atoms with E-state index in [1.807, 2.05) is 29.2 Å². The number of pyridine rings is 2. The summed E-state index contributed by atoms with van der Waals surface area (Å²) in [4.78, 5) is 23.7. The first kappa shape index (κ1) is 18.2. The maximum atomic E-state index is 12.9. The van der Waals surface area contributed by atoms with E-state index in [1.54, 1.807) is 17.2 Å². The van der Waals surface area contributed by atoms with Crippen molar-refractivity contribution in [1.29, 1.82) is 0 Å². The Labute approximate surface area is 159 Å². The molecule has 1 saturated heterocycles. The summed E-state index contributed by atoms with van der Waals surface area (Å²) >= 11 is 0. The van der Waals surface area contributed by atoms with Gasteiger partial charge in [0.1, 0.15) is 19.3 Å². The van der Waals surface area contributed by atoms with Gasteiger partial charge in [-0.3, -0.25) is 14.7 Å².